The number of carboxylic acids is 1. The number of rotatable bonds is 4. The molecule has 0 fully saturated rings. The first-order valence-corrected chi connectivity index (χ1v) is 4.30. The van der Waals surface area contributed by atoms with Crippen LogP contribution in [0.5, 0.6) is 0 Å². The second-order valence-electron chi connectivity index (χ2n) is 1.84. The fourth-order valence-corrected chi connectivity index (χ4v) is 0.696. The van der Waals surface area contributed by atoms with E-state index in [-0.39, 0.29) is 42.4 Å². The maximum atomic E-state index is 10.7. The molecule has 0 spiro atoms. The van der Waals surface area contributed by atoms with Crippen LogP contribution in [0.15, 0.2) is 0 Å². The molecule has 0 amide bonds. The van der Waals surface area contributed by atoms with E-state index < -0.39 is 16.0 Å². The van der Waals surface area contributed by atoms with Gasteiger partial charge in [0.25, 0.3) is 0 Å². The van der Waals surface area contributed by atoms with Gasteiger partial charge in [0.2, 0.25) is 4.11 Å². The topological polar surface area (TPSA) is 66.4 Å². The molecule has 0 aromatic heterocycles. The van der Waals surface area contributed by atoms with Crippen molar-refractivity contribution in [3.8, 4) is 12.3 Å². The van der Waals surface area contributed by atoms with Crippen LogP contribution in [0.3, 0.4) is 0 Å². The standard InChI is InChI=1S/C7H7IO4.Na/c1-2-5(8)12-7(11)4-3-6(9)10;/h1,5H,3-4H2,(H,9,10);/q;+1/p-1. The molecule has 6 heteroatoms. The maximum Gasteiger partial charge on any atom is 1.00 e. The molecule has 0 aliphatic rings. The summed E-state index contributed by atoms with van der Waals surface area (Å²) in [5.41, 5.74) is 0. The normalized spacial score (nSPS) is 10.5. The second kappa shape index (κ2) is 8.81. The summed E-state index contributed by atoms with van der Waals surface area (Å²) in [6, 6.07) is 0. The van der Waals surface area contributed by atoms with E-state index in [4.69, 9.17) is 6.42 Å². The predicted molar refractivity (Wildman–Crippen MR) is 47.0 cm³/mol. The van der Waals surface area contributed by atoms with Gasteiger partial charge in [-0.3, -0.25) is 4.79 Å². The molecule has 1 unspecified atom stereocenters. The van der Waals surface area contributed by atoms with Crippen LogP contribution in [-0.4, -0.2) is 16.0 Å². The van der Waals surface area contributed by atoms with E-state index in [0.717, 1.165) is 0 Å². The fourth-order valence-electron chi connectivity index (χ4n) is 0.412. The van der Waals surface area contributed by atoms with Crippen molar-refractivity contribution in [3.05, 3.63) is 0 Å². The van der Waals surface area contributed by atoms with Gasteiger partial charge in [0.1, 0.15) is 0 Å². The summed E-state index contributed by atoms with van der Waals surface area (Å²) in [6.45, 7) is 0. The van der Waals surface area contributed by atoms with Gasteiger partial charge in [0.15, 0.2) is 0 Å². The molecule has 0 aromatic rings. The van der Waals surface area contributed by atoms with Crippen molar-refractivity contribution in [2.24, 2.45) is 0 Å². The van der Waals surface area contributed by atoms with Gasteiger partial charge >= 0.3 is 35.5 Å². The zero-order chi connectivity index (χ0) is 9.56. The van der Waals surface area contributed by atoms with Crippen molar-refractivity contribution in [3.63, 3.8) is 0 Å². The second-order valence-corrected chi connectivity index (χ2v) is 2.98. The third-order valence-corrected chi connectivity index (χ3v) is 1.51. The Bertz CT molecular complexity index is 223. The minimum atomic E-state index is -1.28. The number of alkyl halides is 1. The van der Waals surface area contributed by atoms with Gasteiger partial charge in [0, 0.05) is 5.97 Å². The van der Waals surface area contributed by atoms with Gasteiger partial charge in [-0.25, -0.2) is 0 Å². The van der Waals surface area contributed by atoms with E-state index in [1.807, 2.05) is 0 Å². The van der Waals surface area contributed by atoms with Crippen LogP contribution in [0, 0.1) is 12.3 Å². The summed E-state index contributed by atoms with van der Waals surface area (Å²) >= 11 is 1.74. The van der Waals surface area contributed by atoms with Crippen molar-refractivity contribution in [1.29, 1.82) is 0 Å². The zero-order valence-electron chi connectivity index (χ0n) is 7.08. The summed E-state index contributed by atoms with van der Waals surface area (Å²) in [7, 11) is 0. The van der Waals surface area contributed by atoms with E-state index in [0.29, 0.717) is 0 Å². The molecule has 0 aromatic carbocycles. The number of terminal acetylenes is 1. The van der Waals surface area contributed by atoms with Crippen LogP contribution in [0.4, 0.5) is 0 Å². The van der Waals surface area contributed by atoms with Crippen molar-refractivity contribution in [2.75, 3.05) is 0 Å². The maximum absolute atomic E-state index is 10.7. The number of hydrogen-bond donors (Lipinski definition) is 0. The van der Waals surface area contributed by atoms with Gasteiger partial charge in [0.05, 0.1) is 6.42 Å². The Kier molecular flexibility index (Phi) is 10.6. The Hall–Kier alpha value is 0.230. The Morgan fingerprint density at radius 3 is 2.46 bits per heavy atom. The first kappa shape index (κ1) is 15.7. The van der Waals surface area contributed by atoms with Gasteiger partial charge in [-0.15, -0.1) is 6.42 Å². The molecule has 0 rings (SSSR count). The number of hydrogen-bond acceptors (Lipinski definition) is 4. The third kappa shape index (κ3) is 10.1. The molecule has 66 valence electrons. The van der Waals surface area contributed by atoms with Crippen LogP contribution in [0.1, 0.15) is 12.8 Å². The molecule has 0 aliphatic heterocycles. The number of aliphatic carboxylic acids is 1. The van der Waals surface area contributed by atoms with Crippen LogP contribution in [0.25, 0.3) is 0 Å². The van der Waals surface area contributed by atoms with E-state index in [9.17, 15) is 14.7 Å². The molecule has 0 saturated heterocycles. The summed E-state index contributed by atoms with van der Waals surface area (Å²) < 4.78 is 3.93. The first-order valence-electron chi connectivity index (χ1n) is 3.05. The van der Waals surface area contributed by atoms with Crippen LogP contribution < -0.4 is 34.7 Å². The SMILES string of the molecule is C#CC(I)OC(=O)CCC(=O)[O-].[Na+]. The quantitative estimate of drug-likeness (QED) is 0.177. The predicted octanol–water partition coefficient (Wildman–Crippen LogP) is -3.54. The van der Waals surface area contributed by atoms with Gasteiger partial charge in [-0.1, -0.05) is 5.92 Å². The number of ether oxygens (including phenoxy) is 1. The number of carbonyl (C=O) groups is 2. The Morgan fingerprint density at radius 1 is 1.54 bits per heavy atom. The van der Waals surface area contributed by atoms with Crippen LogP contribution in [-0.2, 0) is 14.3 Å². The first-order chi connectivity index (χ1) is 5.56. The van der Waals surface area contributed by atoms with Crippen molar-refractivity contribution in [2.45, 2.75) is 17.0 Å². The van der Waals surface area contributed by atoms with Gasteiger partial charge in [-0.2, -0.15) is 0 Å². The summed E-state index contributed by atoms with van der Waals surface area (Å²) in [5, 5.41) is 9.90. The van der Waals surface area contributed by atoms with E-state index in [1.165, 1.54) is 0 Å². The third-order valence-electron chi connectivity index (χ3n) is 0.899. The Labute approximate surface area is 112 Å². The summed E-state index contributed by atoms with van der Waals surface area (Å²) in [6.07, 6.45) is 4.37. The van der Waals surface area contributed by atoms with Gasteiger partial charge in [-0.05, 0) is 29.0 Å². The van der Waals surface area contributed by atoms with E-state index in [1.54, 1.807) is 22.6 Å². The number of halogens is 1. The average Bonchev–Trinajstić information content (AvgIpc) is 2.00. The van der Waals surface area contributed by atoms with E-state index >= 15 is 0 Å². The monoisotopic (exact) mass is 304 g/mol. The van der Waals surface area contributed by atoms with Crippen molar-refractivity contribution in [1.82, 2.24) is 0 Å². The molecule has 0 heterocycles. The van der Waals surface area contributed by atoms with Gasteiger partial charge < -0.3 is 14.6 Å². The molecule has 0 aliphatic carbocycles. The number of carboxylic acid groups (broad SMARTS) is 1. The smallest absolute Gasteiger partial charge is 0.550 e. The van der Waals surface area contributed by atoms with Crippen LogP contribution >= 0.6 is 22.6 Å². The van der Waals surface area contributed by atoms with Crippen molar-refractivity contribution >= 4 is 34.5 Å². The minimum absolute atomic E-state index is 0. The minimum Gasteiger partial charge on any atom is -0.550 e. The van der Waals surface area contributed by atoms with Crippen molar-refractivity contribution < 1.29 is 49.0 Å². The molecule has 0 radical (unpaired) electrons. The molecular formula is C7H6INaO4. The fraction of sp³-hybridized carbons (Fsp3) is 0.429. The molecule has 0 N–H and O–H groups in total. The van der Waals surface area contributed by atoms with E-state index in [2.05, 4.69) is 10.7 Å². The summed E-state index contributed by atoms with van der Waals surface area (Å²) in [4.78, 5) is 20.6. The molecular weight excluding hydrogens is 298 g/mol. The number of carbonyl (C=O) groups excluding carboxylic acids is 2. The zero-order valence-corrected chi connectivity index (χ0v) is 11.2. The summed E-state index contributed by atoms with van der Waals surface area (Å²) in [5.74, 6) is 0.256. The average molecular weight is 304 g/mol. The number of esters is 1. The van der Waals surface area contributed by atoms with Crippen LogP contribution in [0.2, 0.25) is 0 Å². The molecule has 0 bridgehead atoms. The Balaban J connectivity index is 0. The molecule has 13 heavy (non-hydrogen) atoms. The molecule has 0 saturated carbocycles. The molecule has 1 atom stereocenters. The molecule has 4 nitrogen and oxygen atoms in total. The largest absolute Gasteiger partial charge is 1.00 e. The Morgan fingerprint density at radius 2 is 2.08 bits per heavy atom.